The van der Waals surface area contributed by atoms with Crippen molar-refractivity contribution in [2.75, 3.05) is 0 Å². The topological polar surface area (TPSA) is 93.7 Å². The van der Waals surface area contributed by atoms with Crippen LogP contribution in [0.1, 0.15) is 38.5 Å². The molecule has 4 bridgehead atoms. The summed E-state index contributed by atoms with van der Waals surface area (Å²) in [5.41, 5.74) is 0. The molecule has 0 unspecified atom stereocenters. The van der Waals surface area contributed by atoms with Crippen LogP contribution < -0.4 is 6.15 Å². The maximum Gasteiger partial charge on any atom is 0.100 e. The van der Waals surface area contributed by atoms with Gasteiger partial charge in [0.05, 0.1) is 4.75 Å². The molecule has 15 heavy (non-hydrogen) atoms. The lowest BCUT2D eigenvalue weighted by molar-refractivity contribution is 0.0299. The van der Waals surface area contributed by atoms with Crippen molar-refractivity contribution in [1.29, 1.82) is 0 Å². The summed E-state index contributed by atoms with van der Waals surface area (Å²) in [5, 5.41) is 0. The van der Waals surface area contributed by atoms with E-state index < -0.39 is 14.9 Å². The highest BCUT2D eigenvalue weighted by molar-refractivity contribution is 7.87. The van der Waals surface area contributed by atoms with E-state index in [2.05, 4.69) is 0 Å². The van der Waals surface area contributed by atoms with Gasteiger partial charge in [-0.15, -0.1) is 0 Å². The molecule has 4 aliphatic rings. The fraction of sp³-hybridized carbons (Fsp3) is 1.00. The van der Waals surface area contributed by atoms with E-state index in [-0.39, 0.29) is 6.15 Å². The maximum atomic E-state index is 11.3. The second kappa shape index (κ2) is 3.18. The van der Waals surface area contributed by atoms with Gasteiger partial charge in [0.25, 0.3) is 0 Å². The van der Waals surface area contributed by atoms with E-state index in [9.17, 15) is 13.0 Å². The van der Waals surface area contributed by atoms with Crippen LogP contribution in [-0.2, 0) is 10.1 Å². The molecule has 88 valence electrons. The zero-order valence-electron chi connectivity index (χ0n) is 9.11. The van der Waals surface area contributed by atoms with Gasteiger partial charge in [0.1, 0.15) is 10.1 Å². The molecule has 0 amide bonds. The van der Waals surface area contributed by atoms with E-state index in [1.165, 1.54) is 19.3 Å². The molecule has 0 aromatic heterocycles. The van der Waals surface area contributed by atoms with Crippen LogP contribution in [0.3, 0.4) is 0 Å². The summed E-state index contributed by atoms with van der Waals surface area (Å²) in [6, 6.07) is 0. The van der Waals surface area contributed by atoms with Crippen LogP contribution in [0.4, 0.5) is 0 Å². The van der Waals surface area contributed by atoms with Gasteiger partial charge in [-0.3, -0.25) is 0 Å². The molecule has 0 radical (unpaired) electrons. The molecule has 4 saturated carbocycles. The fourth-order valence-electron chi connectivity index (χ4n) is 4.34. The molecule has 0 aromatic carbocycles. The Morgan fingerprint density at radius 3 is 1.53 bits per heavy atom. The molecule has 5 heteroatoms. The summed E-state index contributed by atoms with van der Waals surface area (Å²) in [6.45, 7) is 0. The average molecular weight is 233 g/mol. The molecule has 4 N–H and O–H groups in total. The smallest absolute Gasteiger partial charge is 0.100 e. The van der Waals surface area contributed by atoms with Gasteiger partial charge in [-0.1, -0.05) is 0 Å². The molecule has 0 spiro atoms. The van der Waals surface area contributed by atoms with Crippen molar-refractivity contribution in [1.82, 2.24) is 6.15 Å². The normalized spacial score (nSPS) is 47.7. The quantitative estimate of drug-likeness (QED) is 0.700. The summed E-state index contributed by atoms with van der Waals surface area (Å²) in [4.78, 5) is 0. The Bertz CT molecular complexity index is 328. The molecule has 4 rings (SSSR count). The van der Waals surface area contributed by atoms with Gasteiger partial charge in [0.2, 0.25) is 0 Å². The zero-order chi connectivity index (χ0) is 9.97. The third kappa shape index (κ3) is 1.52. The Morgan fingerprint density at radius 2 is 1.27 bits per heavy atom. The van der Waals surface area contributed by atoms with Crippen LogP contribution >= 0.6 is 0 Å². The van der Waals surface area contributed by atoms with E-state index >= 15 is 0 Å². The van der Waals surface area contributed by atoms with Gasteiger partial charge in [-0.05, 0) is 56.3 Å². The van der Waals surface area contributed by atoms with E-state index in [1.807, 2.05) is 0 Å². The summed E-state index contributed by atoms with van der Waals surface area (Å²) < 4.78 is 33.1. The number of quaternary nitrogens is 1. The molecule has 0 aromatic rings. The Hall–Kier alpha value is -0.130. The van der Waals surface area contributed by atoms with Gasteiger partial charge in [0, 0.05) is 0 Å². The van der Waals surface area contributed by atoms with Crippen LogP contribution in [0.15, 0.2) is 0 Å². The molecule has 4 aliphatic carbocycles. The zero-order valence-corrected chi connectivity index (χ0v) is 9.92. The third-order valence-electron chi connectivity index (χ3n) is 4.51. The average Bonchev–Trinajstić information content (AvgIpc) is 1.98. The summed E-state index contributed by atoms with van der Waals surface area (Å²) in [7, 11) is -4.07. The lowest BCUT2D eigenvalue weighted by Crippen LogP contribution is -2.54. The molecule has 4 nitrogen and oxygen atoms in total. The van der Waals surface area contributed by atoms with Gasteiger partial charge in [-0.25, -0.2) is 8.42 Å². The molecule has 0 saturated heterocycles. The minimum atomic E-state index is -4.07. The number of hydrogen-bond acceptors (Lipinski definition) is 3. The van der Waals surface area contributed by atoms with Crippen molar-refractivity contribution in [3.05, 3.63) is 0 Å². The van der Waals surface area contributed by atoms with Crippen LogP contribution in [0.5, 0.6) is 0 Å². The molecule has 0 atom stereocenters. The molecule has 4 fully saturated rings. The van der Waals surface area contributed by atoms with E-state index in [0.717, 1.165) is 0 Å². The van der Waals surface area contributed by atoms with Crippen molar-refractivity contribution < 1.29 is 13.0 Å². The number of rotatable bonds is 1. The first-order valence-corrected chi connectivity index (χ1v) is 6.85. The van der Waals surface area contributed by atoms with Crippen molar-refractivity contribution in [3.63, 3.8) is 0 Å². The van der Waals surface area contributed by atoms with E-state index in [4.69, 9.17) is 0 Å². The molecular weight excluding hydrogens is 214 g/mol. The van der Waals surface area contributed by atoms with Crippen LogP contribution in [0.2, 0.25) is 0 Å². The Labute approximate surface area is 90.8 Å². The lowest BCUT2D eigenvalue weighted by Gasteiger charge is -2.57. The van der Waals surface area contributed by atoms with Gasteiger partial charge >= 0.3 is 0 Å². The second-order valence-electron chi connectivity index (χ2n) is 5.55. The maximum absolute atomic E-state index is 11.3. The monoisotopic (exact) mass is 233 g/mol. The Balaban J connectivity index is 0.000000853. The van der Waals surface area contributed by atoms with Crippen molar-refractivity contribution in [2.45, 2.75) is 43.3 Å². The highest BCUT2D eigenvalue weighted by Gasteiger charge is 2.54. The third-order valence-corrected chi connectivity index (χ3v) is 6.07. The molecular formula is C10H19NO3S. The Morgan fingerprint density at radius 1 is 0.933 bits per heavy atom. The van der Waals surface area contributed by atoms with Crippen LogP contribution in [0, 0.1) is 17.8 Å². The van der Waals surface area contributed by atoms with E-state index in [0.29, 0.717) is 37.0 Å². The van der Waals surface area contributed by atoms with Gasteiger partial charge in [0.15, 0.2) is 0 Å². The highest BCUT2D eigenvalue weighted by Crippen LogP contribution is 2.58. The summed E-state index contributed by atoms with van der Waals surface area (Å²) in [5.74, 6) is 1.60. The summed E-state index contributed by atoms with van der Waals surface area (Å²) >= 11 is 0. The second-order valence-corrected chi connectivity index (χ2v) is 7.33. The van der Waals surface area contributed by atoms with Crippen LogP contribution in [0.25, 0.3) is 0 Å². The lowest BCUT2D eigenvalue weighted by atomic mass is 9.56. The van der Waals surface area contributed by atoms with Gasteiger partial charge in [-0.2, -0.15) is 0 Å². The first kappa shape index (κ1) is 11.4. The minimum absolute atomic E-state index is 0. The molecule has 0 heterocycles. The largest absolute Gasteiger partial charge is 0.748 e. The van der Waals surface area contributed by atoms with Crippen molar-refractivity contribution in [3.8, 4) is 0 Å². The first-order chi connectivity index (χ1) is 6.48. The Kier molecular flexibility index (Phi) is 2.41. The standard InChI is InChI=1S/C10H16O3S.H3N/c11-14(12,13)10-4-7-1-8(5-10)3-9(2-7)6-10;/h7-9H,1-6H2,(H,11,12,13);1H3. The van der Waals surface area contributed by atoms with Crippen molar-refractivity contribution >= 4 is 10.1 Å². The predicted octanol–water partition coefficient (Wildman–Crippen LogP) is 1.88. The molecule has 0 aliphatic heterocycles. The SMILES string of the molecule is O=S(=O)([O-])C12CC3CC(CC(C3)C1)C2.[NH4+]. The highest BCUT2D eigenvalue weighted by atomic mass is 32.2. The van der Waals surface area contributed by atoms with Crippen molar-refractivity contribution in [2.24, 2.45) is 17.8 Å². The van der Waals surface area contributed by atoms with Crippen LogP contribution in [-0.4, -0.2) is 17.7 Å². The fourth-order valence-corrected chi connectivity index (χ4v) is 5.66. The minimum Gasteiger partial charge on any atom is -0.748 e. The summed E-state index contributed by atoms with van der Waals surface area (Å²) in [6.07, 6.45) is 5.50. The first-order valence-electron chi connectivity index (χ1n) is 5.44. The van der Waals surface area contributed by atoms with E-state index in [1.54, 1.807) is 0 Å². The predicted molar refractivity (Wildman–Crippen MR) is 56.6 cm³/mol. The number of hydrogen-bond donors (Lipinski definition) is 1. The van der Waals surface area contributed by atoms with Gasteiger partial charge < -0.3 is 10.7 Å².